The maximum absolute atomic E-state index is 5.35. The molecule has 4 heteroatoms. The lowest BCUT2D eigenvalue weighted by Crippen LogP contribution is -1.88. The van der Waals surface area contributed by atoms with Crippen LogP contribution in [0.5, 0.6) is 0 Å². The third-order valence-electron chi connectivity index (χ3n) is 1.91. The second kappa shape index (κ2) is 3.84. The summed E-state index contributed by atoms with van der Waals surface area (Å²) in [6.07, 6.45) is 5.37. The highest BCUT2D eigenvalue weighted by Crippen LogP contribution is 2.23. The van der Waals surface area contributed by atoms with Crippen LogP contribution in [0.4, 0.5) is 0 Å². The molecule has 0 saturated heterocycles. The summed E-state index contributed by atoms with van der Waals surface area (Å²) in [5, 5.41) is 0.762. The number of furan rings is 1. The maximum Gasteiger partial charge on any atom is 0.187 e. The zero-order chi connectivity index (χ0) is 9.97. The highest BCUT2D eigenvalue weighted by atomic mass is 32.2. The van der Waals surface area contributed by atoms with E-state index in [1.165, 1.54) is 11.8 Å². The molecule has 0 aliphatic heterocycles. The van der Waals surface area contributed by atoms with Crippen LogP contribution in [0.1, 0.15) is 5.56 Å². The molecule has 2 aromatic rings. The van der Waals surface area contributed by atoms with Crippen molar-refractivity contribution in [3.05, 3.63) is 30.2 Å². The molecule has 0 unspecified atom stereocenters. The van der Waals surface area contributed by atoms with E-state index in [-0.39, 0.29) is 0 Å². The first-order chi connectivity index (χ1) is 6.81. The smallest absolute Gasteiger partial charge is 0.187 e. The van der Waals surface area contributed by atoms with E-state index in [1.807, 2.05) is 25.3 Å². The van der Waals surface area contributed by atoms with Gasteiger partial charge < -0.3 is 4.42 Å². The van der Waals surface area contributed by atoms with Crippen LogP contribution in [0.3, 0.4) is 0 Å². The van der Waals surface area contributed by atoms with Crippen LogP contribution in [0.15, 0.2) is 34.2 Å². The van der Waals surface area contributed by atoms with Crippen LogP contribution in [0.25, 0.3) is 11.5 Å². The van der Waals surface area contributed by atoms with Gasteiger partial charge in [-0.25, -0.2) is 9.97 Å². The van der Waals surface area contributed by atoms with Crippen molar-refractivity contribution < 1.29 is 4.42 Å². The van der Waals surface area contributed by atoms with E-state index in [2.05, 4.69) is 9.97 Å². The number of aryl methyl sites for hydroxylation is 1. The Bertz CT molecular complexity index is 439. The Balaban J connectivity index is 2.47. The summed E-state index contributed by atoms with van der Waals surface area (Å²) in [6, 6.07) is 3.78. The molecule has 0 N–H and O–H groups in total. The fourth-order valence-corrected chi connectivity index (χ4v) is 1.56. The Kier molecular flexibility index (Phi) is 2.54. The average molecular weight is 206 g/mol. The summed E-state index contributed by atoms with van der Waals surface area (Å²) in [4.78, 5) is 8.46. The van der Waals surface area contributed by atoms with Gasteiger partial charge in [0.05, 0.1) is 6.26 Å². The lowest BCUT2D eigenvalue weighted by molar-refractivity contribution is 0.577. The molecule has 2 rings (SSSR count). The molecule has 0 saturated carbocycles. The standard InChI is InChI=1S/C10H10N2OS/c1-7-4-6-13-9(7)8-3-5-11-10(12-8)14-2/h3-6H,1-2H3. The summed E-state index contributed by atoms with van der Waals surface area (Å²) in [6.45, 7) is 2.00. The first kappa shape index (κ1) is 9.27. The predicted octanol–water partition coefficient (Wildman–Crippen LogP) is 2.77. The van der Waals surface area contributed by atoms with Gasteiger partial charge in [0.2, 0.25) is 0 Å². The van der Waals surface area contributed by atoms with Crippen LogP contribution in [-0.4, -0.2) is 16.2 Å². The molecule has 0 spiro atoms. The molecule has 14 heavy (non-hydrogen) atoms. The molecule has 0 aromatic carbocycles. The molecule has 0 bridgehead atoms. The minimum Gasteiger partial charge on any atom is -0.462 e. The van der Waals surface area contributed by atoms with Crippen molar-refractivity contribution in [3.8, 4) is 11.5 Å². The van der Waals surface area contributed by atoms with E-state index in [9.17, 15) is 0 Å². The summed E-state index contributed by atoms with van der Waals surface area (Å²) >= 11 is 1.52. The van der Waals surface area contributed by atoms with Crippen LogP contribution in [0, 0.1) is 6.92 Å². The van der Waals surface area contributed by atoms with E-state index >= 15 is 0 Å². The fraction of sp³-hybridized carbons (Fsp3) is 0.200. The van der Waals surface area contributed by atoms with Gasteiger partial charge in [0, 0.05) is 6.20 Å². The Hall–Kier alpha value is -1.29. The first-order valence-electron chi connectivity index (χ1n) is 4.23. The zero-order valence-corrected chi connectivity index (χ0v) is 8.84. The van der Waals surface area contributed by atoms with Crippen LogP contribution < -0.4 is 0 Å². The molecule has 72 valence electrons. The lowest BCUT2D eigenvalue weighted by atomic mass is 10.2. The Labute approximate surface area is 86.6 Å². The van der Waals surface area contributed by atoms with E-state index in [0.29, 0.717) is 0 Å². The second-order valence-electron chi connectivity index (χ2n) is 2.86. The molecule has 0 amide bonds. The molecule has 0 aliphatic carbocycles. The van der Waals surface area contributed by atoms with Gasteiger partial charge in [0.1, 0.15) is 5.69 Å². The van der Waals surface area contributed by atoms with Crippen molar-refractivity contribution in [2.45, 2.75) is 12.1 Å². The summed E-state index contributed by atoms with van der Waals surface area (Å²) < 4.78 is 5.35. The molecule has 2 aromatic heterocycles. The van der Waals surface area contributed by atoms with Crippen molar-refractivity contribution in [1.29, 1.82) is 0 Å². The predicted molar refractivity (Wildman–Crippen MR) is 56.3 cm³/mol. The Morgan fingerprint density at radius 1 is 1.36 bits per heavy atom. The first-order valence-corrected chi connectivity index (χ1v) is 5.45. The molecule has 0 aliphatic rings. The van der Waals surface area contributed by atoms with Crippen LogP contribution >= 0.6 is 11.8 Å². The third kappa shape index (κ3) is 1.65. The van der Waals surface area contributed by atoms with E-state index in [4.69, 9.17) is 4.42 Å². The van der Waals surface area contributed by atoms with Crippen LogP contribution in [0.2, 0.25) is 0 Å². The minimum atomic E-state index is 0.762. The van der Waals surface area contributed by atoms with E-state index < -0.39 is 0 Å². The molecule has 0 atom stereocenters. The van der Waals surface area contributed by atoms with Gasteiger partial charge in [-0.05, 0) is 30.9 Å². The third-order valence-corrected chi connectivity index (χ3v) is 2.47. The minimum absolute atomic E-state index is 0.762. The molecule has 2 heterocycles. The number of hydrogen-bond acceptors (Lipinski definition) is 4. The lowest BCUT2D eigenvalue weighted by Gasteiger charge is -1.99. The quantitative estimate of drug-likeness (QED) is 0.559. The van der Waals surface area contributed by atoms with Gasteiger partial charge in [-0.2, -0.15) is 0 Å². The number of thioether (sulfide) groups is 1. The van der Waals surface area contributed by atoms with Gasteiger partial charge in [-0.3, -0.25) is 0 Å². The largest absolute Gasteiger partial charge is 0.462 e. The Morgan fingerprint density at radius 2 is 2.21 bits per heavy atom. The number of hydrogen-bond donors (Lipinski definition) is 0. The van der Waals surface area contributed by atoms with Gasteiger partial charge in [-0.1, -0.05) is 11.8 Å². The Morgan fingerprint density at radius 3 is 2.86 bits per heavy atom. The SMILES string of the molecule is CSc1nccc(-c2occc2C)n1. The normalized spacial score (nSPS) is 10.4. The molecule has 0 fully saturated rings. The monoisotopic (exact) mass is 206 g/mol. The van der Waals surface area contributed by atoms with Crippen molar-refractivity contribution in [2.24, 2.45) is 0 Å². The average Bonchev–Trinajstić information content (AvgIpc) is 2.65. The van der Waals surface area contributed by atoms with Crippen LogP contribution in [-0.2, 0) is 0 Å². The molecular weight excluding hydrogens is 196 g/mol. The van der Waals surface area contributed by atoms with Gasteiger partial charge in [0.25, 0.3) is 0 Å². The maximum atomic E-state index is 5.35. The van der Waals surface area contributed by atoms with Crippen molar-refractivity contribution >= 4 is 11.8 Å². The van der Waals surface area contributed by atoms with Crippen molar-refractivity contribution in [1.82, 2.24) is 9.97 Å². The highest BCUT2D eigenvalue weighted by molar-refractivity contribution is 7.98. The topological polar surface area (TPSA) is 38.9 Å². The van der Waals surface area contributed by atoms with Crippen molar-refractivity contribution in [3.63, 3.8) is 0 Å². The molecular formula is C10H10N2OS. The zero-order valence-electron chi connectivity index (χ0n) is 8.02. The van der Waals surface area contributed by atoms with Gasteiger partial charge >= 0.3 is 0 Å². The summed E-state index contributed by atoms with van der Waals surface area (Å²) in [7, 11) is 0. The number of nitrogens with zero attached hydrogens (tertiary/aromatic N) is 2. The van der Waals surface area contributed by atoms with Crippen molar-refractivity contribution in [2.75, 3.05) is 6.26 Å². The van der Waals surface area contributed by atoms with Gasteiger partial charge in [0.15, 0.2) is 10.9 Å². The van der Waals surface area contributed by atoms with Gasteiger partial charge in [-0.15, -0.1) is 0 Å². The number of aromatic nitrogens is 2. The molecule has 0 radical (unpaired) electrons. The molecule has 3 nitrogen and oxygen atoms in total. The second-order valence-corrected chi connectivity index (χ2v) is 3.63. The van der Waals surface area contributed by atoms with E-state index in [1.54, 1.807) is 12.5 Å². The fourth-order valence-electron chi connectivity index (χ4n) is 1.20. The van der Waals surface area contributed by atoms with E-state index in [0.717, 1.165) is 22.2 Å². The number of rotatable bonds is 2. The highest BCUT2D eigenvalue weighted by Gasteiger charge is 2.07. The summed E-state index contributed by atoms with van der Waals surface area (Å²) in [5.74, 6) is 0.822. The summed E-state index contributed by atoms with van der Waals surface area (Å²) in [5.41, 5.74) is 1.93.